The van der Waals surface area contributed by atoms with E-state index in [1.807, 2.05) is 62.4 Å². The van der Waals surface area contributed by atoms with Gasteiger partial charge in [-0.25, -0.2) is 0 Å². The highest BCUT2D eigenvalue weighted by Crippen LogP contribution is 2.19. The van der Waals surface area contributed by atoms with Gasteiger partial charge in [-0.1, -0.05) is 62.7 Å². The summed E-state index contributed by atoms with van der Waals surface area (Å²) in [5.41, 5.74) is 3.32. The molecule has 2 aromatic carbocycles. The van der Waals surface area contributed by atoms with Crippen molar-refractivity contribution in [3.05, 3.63) is 65.2 Å². The molecule has 5 nitrogen and oxygen atoms in total. The molecule has 0 aliphatic heterocycles. The molecule has 0 radical (unpaired) electrons. The van der Waals surface area contributed by atoms with Crippen LogP contribution in [0.1, 0.15) is 56.7 Å². The van der Waals surface area contributed by atoms with E-state index in [-0.39, 0.29) is 18.4 Å². The number of ether oxygens (including phenoxy) is 1. The first-order valence-corrected chi connectivity index (χ1v) is 10.7. The number of carbonyl (C=O) groups is 2. The first kappa shape index (κ1) is 23.5. The van der Waals surface area contributed by atoms with Gasteiger partial charge in [0.15, 0.2) is 6.61 Å². The maximum atomic E-state index is 13.0. The molecular weight excluding hydrogens is 376 g/mol. The third-order valence-corrected chi connectivity index (χ3v) is 5.06. The second kappa shape index (κ2) is 11.4. The lowest BCUT2D eigenvalue weighted by atomic mass is 10.0. The van der Waals surface area contributed by atoms with Crippen LogP contribution in [0, 0.1) is 6.92 Å². The predicted octanol–water partition coefficient (Wildman–Crippen LogP) is 4.44. The van der Waals surface area contributed by atoms with Gasteiger partial charge >= 0.3 is 0 Å². The Morgan fingerprint density at radius 3 is 2.37 bits per heavy atom. The summed E-state index contributed by atoms with van der Waals surface area (Å²) >= 11 is 0. The van der Waals surface area contributed by atoms with Gasteiger partial charge in [-0.2, -0.15) is 0 Å². The number of rotatable bonds is 10. The summed E-state index contributed by atoms with van der Waals surface area (Å²) in [5, 5.41) is 2.88. The van der Waals surface area contributed by atoms with Crippen molar-refractivity contribution in [3.8, 4) is 5.75 Å². The van der Waals surface area contributed by atoms with Crippen LogP contribution >= 0.6 is 0 Å². The fourth-order valence-corrected chi connectivity index (χ4v) is 3.16. The van der Waals surface area contributed by atoms with Crippen LogP contribution in [-0.2, 0) is 16.1 Å². The van der Waals surface area contributed by atoms with Crippen molar-refractivity contribution in [2.45, 2.75) is 59.5 Å². The summed E-state index contributed by atoms with van der Waals surface area (Å²) in [6.07, 6.45) is 0.847. The number of amides is 2. The van der Waals surface area contributed by atoms with Gasteiger partial charge in [-0.15, -0.1) is 0 Å². The van der Waals surface area contributed by atoms with Gasteiger partial charge in [0.1, 0.15) is 11.8 Å². The maximum absolute atomic E-state index is 13.0. The summed E-state index contributed by atoms with van der Waals surface area (Å²) in [6.45, 7) is 10.9. The minimum Gasteiger partial charge on any atom is -0.484 e. The number of aryl methyl sites for hydroxylation is 1. The molecule has 0 saturated heterocycles. The van der Waals surface area contributed by atoms with E-state index in [4.69, 9.17) is 4.74 Å². The van der Waals surface area contributed by atoms with Crippen molar-refractivity contribution in [2.75, 3.05) is 13.2 Å². The highest BCUT2D eigenvalue weighted by Gasteiger charge is 2.26. The Morgan fingerprint density at radius 1 is 1.07 bits per heavy atom. The normalized spacial score (nSPS) is 11.8. The van der Waals surface area contributed by atoms with Gasteiger partial charge in [-0.3, -0.25) is 9.59 Å². The molecule has 2 rings (SSSR count). The lowest BCUT2D eigenvalue weighted by molar-refractivity contribution is -0.142. The molecule has 0 saturated carbocycles. The van der Waals surface area contributed by atoms with Crippen molar-refractivity contribution < 1.29 is 14.3 Å². The van der Waals surface area contributed by atoms with Crippen LogP contribution in [-0.4, -0.2) is 35.9 Å². The van der Waals surface area contributed by atoms with E-state index in [0.717, 1.165) is 17.5 Å². The zero-order valence-corrected chi connectivity index (χ0v) is 18.8. The Hall–Kier alpha value is -2.82. The third kappa shape index (κ3) is 6.90. The largest absolute Gasteiger partial charge is 0.484 e. The first-order chi connectivity index (χ1) is 14.3. The molecule has 2 amide bonds. The van der Waals surface area contributed by atoms with E-state index in [9.17, 15) is 9.59 Å². The average molecular weight is 411 g/mol. The van der Waals surface area contributed by atoms with Crippen molar-refractivity contribution in [1.29, 1.82) is 0 Å². The molecule has 1 atom stereocenters. The maximum Gasteiger partial charge on any atom is 0.261 e. The van der Waals surface area contributed by atoms with Crippen LogP contribution in [0.2, 0.25) is 0 Å². The van der Waals surface area contributed by atoms with E-state index in [1.165, 1.54) is 5.56 Å². The second-order valence-corrected chi connectivity index (χ2v) is 7.99. The molecule has 0 aliphatic carbocycles. The number of carbonyl (C=O) groups excluding carboxylic acids is 2. The smallest absolute Gasteiger partial charge is 0.261 e. The third-order valence-electron chi connectivity index (χ3n) is 5.06. The van der Waals surface area contributed by atoms with E-state index >= 15 is 0 Å². The van der Waals surface area contributed by atoms with Crippen LogP contribution in [0.3, 0.4) is 0 Å². The Bertz CT molecular complexity index is 831. The van der Waals surface area contributed by atoms with E-state index in [1.54, 1.807) is 11.8 Å². The molecule has 162 valence electrons. The predicted molar refractivity (Wildman–Crippen MR) is 121 cm³/mol. The molecule has 0 bridgehead atoms. The fourth-order valence-electron chi connectivity index (χ4n) is 3.16. The number of nitrogens with zero attached hydrogens (tertiary/aromatic N) is 1. The van der Waals surface area contributed by atoms with Crippen molar-refractivity contribution in [1.82, 2.24) is 10.2 Å². The zero-order chi connectivity index (χ0) is 22.1. The summed E-state index contributed by atoms with van der Waals surface area (Å²) in [5.74, 6) is 0.710. The van der Waals surface area contributed by atoms with E-state index in [0.29, 0.717) is 24.8 Å². The Kier molecular flexibility index (Phi) is 8.90. The van der Waals surface area contributed by atoms with Gasteiger partial charge in [0.25, 0.3) is 5.91 Å². The number of benzene rings is 2. The lowest BCUT2D eigenvalue weighted by Gasteiger charge is -2.29. The number of nitrogens with one attached hydrogen (secondary N) is 1. The minimum atomic E-state index is -0.587. The molecule has 0 aromatic heterocycles. The Labute approximate surface area is 180 Å². The summed E-state index contributed by atoms with van der Waals surface area (Å²) in [7, 11) is 0. The van der Waals surface area contributed by atoms with Gasteiger partial charge < -0.3 is 15.0 Å². The van der Waals surface area contributed by atoms with Gasteiger partial charge in [-0.05, 0) is 49.4 Å². The topological polar surface area (TPSA) is 58.6 Å². The average Bonchev–Trinajstić information content (AvgIpc) is 2.74. The van der Waals surface area contributed by atoms with E-state index in [2.05, 4.69) is 19.2 Å². The van der Waals surface area contributed by atoms with Crippen molar-refractivity contribution in [3.63, 3.8) is 0 Å². The first-order valence-electron chi connectivity index (χ1n) is 10.7. The number of hydrogen-bond acceptors (Lipinski definition) is 3. The van der Waals surface area contributed by atoms with Crippen LogP contribution < -0.4 is 10.1 Å². The van der Waals surface area contributed by atoms with Crippen molar-refractivity contribution >= 4 is 11.8 Å². The van der Waals surface area contributed by atoms with Gasteiger partial charge in [0.2, 0.25) is 5.91 Å². The molecule has 0 spiro atoms. The number of hydrogen-bond donors (Lipinski definition) is 1. The molecule has 5 heteroatoms. The SMILES string of the molecule is CCCNC(=O)[C@H](C)N(Cc1cccc(C)c1)C(=O)COc1ccc(C(C)C)cc1. The molecule has 2 aromatic rings. The standard InChI is InChI=1S/C25H34N2O3/c1-6-14-26-25(29)20(5)27(16-21-9-7-8-19(4)15-21)24(28)17-30-23-12-10-22(11-13-23)18(2)3/h7-13,15,18,20H,6,14,16-17H2,1-5H3,(H,26,29)/t20-/m0/s1. The molecule has 0 unspecified atom stereocenters. The van der Waals surface area contributed by atoms with Gasteiger partial charge in [0.05, 0.1) is 0 Å². The van der Waals surface area contributed by atoms with Crippen LogP contribution in [0.4, 0.5) is 0 Å². The second-order valence-electron chi connectivity index (χ2n) is 7.99. The summed E-state index contributed by atoms with van der Waals surface area (Å²) in [4.78, 5) is 27.1. The molecule has 30 heavy (non-hydrogen) atoms. The molecule has 1 N–H and O–H groups in total. The van der Waals surface area contributed by atoms with Crippen LogP contribution in [0.25, 0.3) is 0 Å². The summed E-state index contributed by atoms with van der Waals surface area (Å²) < 4.78 is 5.73. The monoisotopic (exact) mass is 410 g/mol. The molecular formula is C25H34N2O3. The van der Waals surface area contributed by atoms with Crippen LogP contribution in [0.15, 0.2) is 48.5 Å². The Balaban J connectivity index is 2.11. The molecule has 0 aliphatic rings. The highest BCUT2D eigenvalue weighted by atomic mass is 16.5. The van der Waals surface area contributed by atoms with E-state index < -0.39 is 6.04 Å². The van der Waals surface area contributed by atoms with Gasteiger partial charge in [0, 0.05) is 13.1 Å². The quantitative estimate of drug-likeness (QED) is 0.630. The molecule has 0 fully saturated rings. The van der Waals surface area contributed by atoms with Crippen molar-refractivity contribution in [2.24, 2.45) is 0 Å². The zero-order valence-electron chi connectivity index (χ0n) is 18.8. The Morgan fingerprint density at radius 2 is 1.77 bits per heavy atom. The molecule has 0 heterocycles. The minimum absolute atomic E-state index is 0.113. The van der Waals surface area contributed by atoms with Crippen LogP contribution in [0.5, 0.6) is 5.75 Å². The lowest BCUT2D eigenvalue weighted by Crippen LogP contribution is -2.49. The fraction of sp³-hybridized carbons (Fsp3) is 0.440. The summed E-state index contributed by atoms with van der Waals surface area (Å²) in [6, 6.07) is 15.2. The highest BCUT2D eigenvalue weighted by molar-refractivity contribution is 5.87.